The fourth-order valence-electron chi connectivity index (χ4n) is 2.31. The average Bonchev–Trinajstić information content (AvgIpc) is 3.13. The Balaban J connectivity index is 1.60. The van der Waals surface area contributed by atoms with Crippen LogP contribution in [-0.4, -0.2) is 32.9 Å². The molecule has 2 aromatic heterocycles. The minimum absolute atomic E-state index is 0.175. The molecule has 3 heterocycles. The number of hydrogen-bond donors (Lipinski definition) is 1. The molecule has 2 aromatic rings. The van der Waals surface area contributed by atoms with Gasteiger partial charge in [0, 0.05) is 44.4 Å². The third-order valence-electron chi connectivity index (χ3n) is 3.66. The van der Waals surface area contributed by atoms with Gasteiger partial charge in [0.2, 0.25) is 0 Å². The van der Waals surface area contributed by atoms with Crippen LogP contribution in [0.5, 0.6) is 0 Å². The molecule has 0 aromatic carbocycles. The maximum atomic E-state index is 12.4. The molecule has 3 rings (SSSR count). The maximum absolute atomic E-state index is 12.4. The Kier molecular flexibility index (Phi) is 4.15. The van der Waals surface area contributed by atoms with Gasteiger partial charge in [0.15, 0.2) is 5.66 Å². The molecule has 7 heteroatoms. The van der Waals surface area contributed by atoms with Crippen LogP contribution in [0.1, 0.15) is 29.6 Å². The van der Waals surface area contributed by atoms with Crippen molar-refractivity contribution in [2.45, 2.75) is 24.9 Å². The first-order valence-corrected chi connectivity index (χ1v) is 7.34. The lowest BCUT2D eigenvalue weighted by Gasteiger charge is -2.12. The molecule has 0 spiro atoms. The van der Waals surface area contributed by atoms with Crippen molar-refractivity contribution in [1.29, 1.82) is 0 Å². The second-order valence-corrected chi connectivity index (χ2v) is 5.24. The lowest BCUT2D eigenvalue weighted by atomic mass is 10.0. The van der Waals surface area contributed by atoms with Gasteiger partial charge in [-0.1, -0.05) is 0 Å². The van der Waals surface area contributed by atoms with Crippen LogP contribution in [0.2, 0.25) is 0 Å². The van der Waals surface area contributed by atoms with Crippen LogP contribution >= 0.6 is 0 Å². The van der Waals surface area contributed by atoms with Crippen LogP contribution in [0.15, 0.2) is 47.1 Å². The van der Waals surface area contributed by atoms with Crippen molar-refractivity contribution < 1.29 is 4.79 Å². The van der Waals surface area contributed by atoms with E-state index in [1.165, 1.54) is 0 Å². The molecule has 0 fully saturated rings. The summed E-state index contributed by atoms with van der Waals surface area (Å²) in [6.07, 6.45) is 13.9. The molecule has 0 unspecified atom stereocenters. The number of carbonyl (C=O) groups excluding carboxylic acids is 1. The van der Waals surface area contributed by atoms with Crippen LogP contribution in [0, 0.1) is 12.3 Å². The lowest BCUT2D eigenvalue weighted by Crippen LogP contribution is -2.29. The summed E-state index contributed by atoms with van der Waals surface area (Å²) in [4.78, 5) is 16.5. The minimum Gasteiger partial charge on any atom is -0.352 e. The topological polar surface area (TPSA) is 84.5 Å². The molecule has 116 valence electrons. The summed E-state index contributed by atoms with van der Waals surface area (Å²) < 4.78 is 1.61. The van der Waals surface area contributed by atoms with Gasteiger partial charge in [-0.05, 0) is 12.1 Å². The number of carbonyl (C=O) groups is 1. The highest BCUT2D eigenvalue weighted by atomic mass is 16.1. The molecule has 1 N–H and O–H groups in total. The number of pyridine rings is 1. The first-order valence-electron chi connectivity index (χ1n) is 7.34. The first kappa shape index (κ1) is 14.9. The Morgan fingerprint density at radius 1 is 1.35 bits per heavy atom. The highest BCUT2D eigenvalue weighted by Gasteiger charge is 2.38. The van der Waals surface area contributed by atoms with Gasteiger partial charge >= 0.3 is 0 Å². The van der Waals surface area contributed by atoms with E-state index in [-0.39, 0.29) is 11.6 Å². The van der Waals surface area contributed by atoms with Gasteiger partial charge in [-0.3, -0.25) is 9.78 Å². The summed E-state index contributed by atoms with van der Waals surface area (Å²) in [5, 5.41) is 15.1. The summed E-state index contributed by atoms with van der Waals surface area (Å²) in [5.41, 5.74) is 0.770. The summed E-state index contributed by atoms with van der Waals surface area (Å²) in [6.45, 7) is 0.483. The molecule has 1 amide bonds. The van der Waals surface area contributed by atoms with Crippen LogP contribution < -0.4 is 5.32 Å². The fraction of sp³-hybridized carbons (Fsp3) is 0.312. The smallest absolute Gasteiger partial charge is 0.253 e. The molecule has 0 atom stereocenters. The molecule has 1 aliphatic rings. The molecule has 0 radical (unpaired) electrons. The zero-order chi connectivity index (χ0) is 16.1. The van der Waals surface area contributed by atoms with E-state index in [2.05, 4.69) is 31.5 Å². The van der Waals surface area contributed by atoms with Gasteiger partial charge < -0.3 is 5.32 Å². The second-order valence-electron chi connectivity index (χ2n) is 5.24. The van der Waals surface area contributed by atoms with Gasteiger partial charge in [0.25, 0.3) is 5.91 Å². The molecule has 23 heavy (non-hydrogen) atoms. The van der Waals surface area contributed by atoms with Gasteiger partial charge in [0.05, 0.1) is 17.4 Å². The standard InChI is InChI=1S/C16H16N6O/c1-2-3-6-16(20-21-16)7-10-18-15(23)13-5-9-17-12-14(13)22-11-4-8-19-22/h1,4-5,8-9,11-12H,3,6-7,10H2,(H,18,23). The van der Waals surface area contributed by atoms with Crippen molar-refractivity contribution >= 4 is 5.91 Å². The summed E-state index contributed by atoms with van der Waals surface area (Å²) in [6, 6.07) is 3.46. The Labute approximate surface area is 133 Å². The van der Waals surface area contributed by atoms with E-state index in [0.29, 0.717) is 30.6 Å². The van der Waals surface area contributed by atoms with E-state index in [9.17, 15) is 4.79 Å². The number of nitrogens with one attached hydrogen (secondary N) is 1. The normalized spacial score (nSPS) is 14.2. The fourth-order valence-corrected chi connectivity index (χ4v) is 2.31. The Bertz CT molecular complexity index is 753. The molecule has 0 aliphatic carbocycles. The lowest BCUT2D eigenvalue weighted by molar-refractivity contribution is 0.0951. The van der Waals surface area contributed by atoms with Crippen molar-refractivity contribution in [2.24, 2.45) is 10.2 Å². The first-order chi connectivity index (χ1) is 11.2. The number of hydrogen-bond acceptors (Lipinski definition) is 5. The monoisotopic (exact) mass is 308 g/mol. The SMILES string of the molecule is C#CCCC1(CCNC(=O)c2ccncc2-n2cccn2)N=N1. The van der Waals surface area contributed by atoms with Gasteiger partial charge in [0.1, 0.15) is 0 Å². The molecular weight excluding hydrogens is 292 g/mol. The van der Waals surface area contributed by atoms with E-state index in [0.717, 1.165) is 6.42 Å². The number of nitrogens with zero attached hydrogens (tertiary/aromatic N) is 5. The molecular formula is C16H16N6O. The number of rotatable bonds is 7. The Morgan fingerprint density at radius 2 is 2.22 bits per heavy atom. The highest BCUT2D eigenvalue weighted by Crippen LogP contribution is 2.36. The van der Waals surface area contributed by atoms with E-state index in [1.54, 1.807) is 41.6 Å². The van der Waals surface area contributed by atoms with E-state index in [1.807, 2.05) is 0 Å². The molecule has 7 nitrogen and oxygen atoms in total. The largest absolute Gasteiger partial charge is 0.352 e. The van der Waals surface area contributed by atoms with Crippen LogP contribution in [0.4, 0.5) is 0 Å². The Hall–Kier alpha value is -3.01. The van der Waals surface area contributed by atoms with Crippen LogP contribution in [-0.2, 0) is 0 Å². The molecule has 0 saturated carbocycles. The summed E-state index contributed by atoms with van der Waals surface area (Å²) in [5.74, 6) is 2.41. The average molecular weight is 308 g/mol. The maximum Gasteiger partial charge on any atom is 0.253 e. The molecule has 0 saturated heterocycles. The van der Waals surface area contributed by atoms with E-state index < -0.39 is 0 Å². The van der Waals surface area contributed by atoms with Crippen molar-refractivity contribution in [3.05, 3.63) is 42.5 Å². The van der Waals surface area contributed by atoms with Crippen molar-refractivity contribution in [3.8, 4) is 18.0 Å². The zero-order valence-electron chi connectivity index (χ0n) is 12.5. The molecule has 0 bridgehead atoms. The zero-order valence-corrected chi connectivity index (χ0v) is 12.5. The van der Waals surface area contributed by atoms with Crippen molar-refractivity contribution in [1.82, 2.24) is 20.1 Å². The van der Waals surface area contributed by atoms with Gasteiger partial charge in [-0.2, -0.15) is 15.3 Å². The predicted octanol–water partition coefficient (Wildman–Crippen LogP) is 1.96. The molecule has 1 aliphatic heterocycles. The summed E-state index contributed by atoms with van der Waals surface area (Å²) in [7, 11) is 0. The number of aromatic nitrogens is 3. The van der Waals surface area contributed by atoms with E-state index >= 15 is 0 Å². The van der Waals surface area contributed by atoms with Crippen LogP contribution in [0.3, 0.4) is 0 Å². The third-order valence-corrected chi connectivity index (χ3v) is 3.66. The van der Waals surface area contributed by atoms with Crippen LogP contribution in [0.25, 0.3) is 5.69 Å². The Morgan fingerprint density at radius 3 is 2.91 bits per heavy atom. The van der Waals surface area contributed by atoms with Crippen molar-refractivity contribution in [2.75, 3.05) is 6.54 Å². The highest BCUT2D eigenvalue weighted by molar-refractivity contribution is 5.97. The minimum atomic E-state index is -0.386. The van der Waals surface area contributed by atoms with Gasteiger partial charge in [-0.25, -0.2) is 4.68 Å². The van der Waals surface area contributed by atoms with E-state index in [4.69, 9.17) is 6.42 Å². The number of amides is 1. The van der Waals surface area contributed by atoms with Gasteiger partial charge in [-0.15, -0.1) is 12.3 Å². The van der Waals surface area contributed by atoms with Crippen molar-refractivity contribution in [3.63, 3.8) is 0 Å². The quantitative estimate of drug-likeness (QED) is 0.793. The second kappa shape index (κ2) is 6.40. The third kappa shape index (κ3) is 3.43. The predicted molar refractivity (Wildman–Crippen MR) is 84.0 cm³/mol. The summed E-state index contributed by atoms with van der Waals surface area (Å²) >= 11 is 0. The number of terminal acetylenes is 1.